The molecule has 0 saturated carbocycles. The van der Waals surface area contributed by atoms with Gasteiger partial charge in [-0.3, -0.25) is 9.59 Å². The number of rotatable bonds is 10. The van der Waals surface area contributed by atoms with E-state index in [9.17, 15) is 9.59 Å². The highest BCUT2D eigenvalue weighted by atomic mass is 16.2. The summed E-state index contributed by atoms with van der Waals surface area (Å²) in [6, 6.07) is 7.79. The molecule has 6 heteroatoms. The molecule has 0 atom stereocenters. The van der Waals surface area contributed by atoms with Gasteiger partial charge in [0.2, 0.25) is 11.8 Å². The first-order valence-electron chi connectivity index (χ1n) is 8.75. The van der Waals surface area contributed by atoms with E-state index >= 15 is 0 Å². The Morgan fingerprint density at radius 3 is 2.58 bits per heavy atom. The van der Waals surface area contributed by atoms with Gasteiger partial charge in [0, 0.05) is 33.0 Å². The van der Waals surface area contributed by atoms with Gasteiger partial charge in [0.25, 0.3) is 0 Å². The Labute approximate surface area is 154 Å². The number of imidazole rings is 1. The topological polar surface area (TPSA) is 67.2 Å². The Kier molecular flexibility index (Phi) is 7.14. The Balaban J connectivity index is 2.21. The van der Waals surface area contributed by atoms with E-state index in [4.69, 9.17) is 0 Å². The fourth-order valence-corrected chi connectivity index (χ4v) is 2.83. The molecule has 1 aromatic carbocycles. The first-order chi connectivity index (χ1) is 12.6. The first kappa shape index (κ1) is 19.4. The third-order valence-corrected chi connectivity index (χ3v) is 4.03. The molecule has 0 aliphatic rings. The molecular formula is C20H26N4O2. The van der Waals surface area contributed by atoms with Crippen LogP contribution in [0.3, 0.4) is 0 Å². The van der Waals surface area contributed by atoms with E-state index < -0.39 is 0 Å². The van der Waals surface area contributed by atoms with Crippen molar-refractivity contribution in [3.63, 3.8) is 0 Å². The highest BCUT2D eigenvalue weighted by Crippen LogP contribution is 2.17. The van der Waals surface area contributed by atoms with Crippen molar-refractivity contribution in [2.24, 2.45) is 0 Å². The lowest BCUT2D eigenvalue weighted by Crippen LogP contribution is -2.34. The minimum absolute atomic E-state index is 0.00364. The minimum Gasteiger partial charge on any atom is -0.356 e. The van der Waals surface area contributed by atoms with E-state index in [-0.39, 0.29) is 18.4 Å². The van der Waals surface area contributed by atoms with Gasteiger partial charge in [0.1, 0.15) is 12.4 Å². The number of hydrogen-bond donors (Lipinski definition) is 1. The summed E-state index contributed by atoms with van der Waals surface area (Å²) in [5, 5.41) is 2.79. The first-order valence-corrected chi connectivity index (χ1v) is 8.75. The highest BCUT2D eigenvalue weighted by molar-refractivity contribution is 5.81. The van der Waals surface area contributed by atoms with Gasteiger partial charge in [-0.15, -0.1) is 13.2 Å². The number of aryl methyl sites for hydroxylation is 1. The zero-order valence-corrected chi connectivity index (χ0v) is 15.3. The van der Waals surface area contributed by atoms with Crippen LogP contribution in [0.4, 0.5) is 0 Å². The number of nitrogens with one attached hydrogen (secondary N) is 1. The van der Waals surface area contributed by atoms with Crippen LogP contribution in [0.5, 0.6) is 0 Å². The van der Waals surface area contributed by atoms with E-state index in [1.54, 1.807) is 17.1 Å². The normalized spacial score (nSPS) is 10.5. The second-order valence-electron chi connectivity index (χ2n) is 6.07. The summed E-state index contributed by atoms with van der Waals surface area (Å²) >= 11 is 0. The molecule has 26 heavy (non-hydrogen) atoms. The van der Waals surface area contributed by atoms with Crippen molar-refractivity contribution in [1.29, 1.82) is 0 Å². The van der Waals surface area contributed by atoms with E-state index in [0.29, 0.717) is 26.1 Å². The number of benzene rings is 1. The van der Waals surface area contributed by atoms with Crippen LogP contribution in [0.2, 0.25) is 0 Å². The van der Waals surface area contributed by atoms with E-state index in [1.807, 2.05) is 28.8 Å². The summed E-state index contributed by atoms with van der Waals surface area (Å²) < 4.78 is 1.96. The van der Waals surface area contributed by atoms with E-state index in [2.05, 4.69) is 23.5 Å². The average Bonchev–Trinajstić information content (AvgIpc) is 2.96. The van der Waals surface area contributed by atoms with Crippen molar-refractivity contribution in [1.82, 2.24) is 19.8 Å². The molecule has 0 radical (unpaired) electrons. The van der Waals surface area contributed by atoms with Crippen LogP contribution in [0.1, 0.15) is 19.2 Å². The number of carbonyl (C=O) groups excluding carboxylic acids is 2. The molecule has 138 valence electrons. The van der Waals surface area contributed by atoms with Crippen LogP contribution in [0.25, 0.3) is 11.0 Å². The Hall–Kier alpha value is -2.89. The van der Waals surface area contributed by atoms with Gasteiger partial charge in [-0.25, -0.2) is 4.98 Å². The number of nitrogens with zero attached hydrogens (tertiary/aromatic N) is 3. The summed E-state index contributed by atoms with van der Waals surface area (Å²) in [4.78, 5) is 30.1. The van der Waals surface area contributed by atoms with E-state index in [1.165, 1.54) is 6.92 Å². The van der Waals surface area contributed by atoms with Crippen molar-refractivity contribution in [3.05, 3.63) is 55.4 Å². The third-order valence-electron chi connectivity index (χ3n) is 4.03. The molecule has 0 fully saturated rings. The lowest BCUT2D eigenvalue weighted by atomic mass is 10.3. The molecule has 2 aromatic rings. The molecule has 2 amide bonds. The van der Waals surface area contributed by atoms with Crippen LogP contribution in [0, 0.1) is 0 Å². The molecule has 6 nitrogen and oxygen atoms in total. The van der Waals surface area contributed by atoms with Gasteiger partial charge >= 0.3 is 0 Å². The maximum Gasteiger partial charge on any atom is 0.243 e. The van der Waals surface area contributed by atoms with Crippen LogP contribution < -0.4 is 5.32 Å². The summed E-state index contributed by atoms with van der Waals surface area (Å²) in [7, 11) is 0. The standard InChI is InChI=1S/C20H26N4O2/c1-4-13-23(14-5-2)20(26)15-24-18-10-7-6-9-17(18)22-19(24)11-8-12-21-16(3)25/h4-7,9-10H,1-2,8,11-15H2,3H3,(H,21,25). The van der Waals surface area contributed by atoms with Gasteiger partial charge in [0.05, 0.1) is 11.0 Å². The smallest absolute Gasteiger partial charge is 0.243 e. The molecule has 0 aliphatic carbocycles. The van der Waals surface area contributed by atoms with Crippen LogP contribution >= 0.6 is 0 Å². The van der Waals surface area contributed by atoms with Crippen molar-refractivity contribution >= 4 is 22.8 Å². The second-order valence-corrected chi connectivity index (χ2v) is 6.07. The summed E-state index contributed by atoms with van der Waals surface area (Å²) in [5.41, 5.74) is 1.81. The van der Waals surface area contributed by atoms with Crippen molar-refractivity contribution < 1.29 is 9.59 Å². The van der Waals surface area contributed by atoms with Gasteiger partial charge in [0.15, 0.2) is 0 Å². The lowest BCUT2D eigenvalue weighted by molar-refractivity contribution is -0.130. The van der Waals surface area contributed by atoms with Gasteiger partial charge in [-0.1, -0.05) is 24.3 Å². The number of fused-ring (bicyclic) bond motifs is 1. The molecular weight excluding hydrogens is 328 g/mol. The highest BCUT2D eigenvalue weighted by Gasteiger charge is 2.16. The summed E-state index contributed by atoms with van der Waals surface area (Å²) in [6.07, 6.45) is 4.87. The zero-order valence-electron chi connectivity index (χ0n) is 15.3. The molecule has 1 aromatic heterocycles. The maximum absolute atomic E-state index is 12.7. The zero-order chi connectivity index (χ0) is 18.9. The average molecular weight is 354 g/mol. The lowest BCUT2D eigenvalue weighted by Gasteiger charge is -2.20. The summed E-state index contributed by atoms with van der Waals surface area (Å²) in [5.74, 6) is 0.802. The third kappa shape index (κ3) is 5.05. The van der Waals surface area contributed by atoms with Gasteiger partial charge in [-0.05, 0) is 18.6 Å². The van der Waals surface area contributed by atoms with Gasteiger partial charge in [-0.2, -0.15) is 0 Å². The Morgan fingerprint density at radius 1 is 1.23 bits per heavy atom. The Bertz CT molecular complexity index is 784. The van der Waals surface area contributed by atoms with Crippen LogP contribution in [-0.2, 0) is 22.6 Å². The predicted molar refractivity (Wildman–Crippen MR) is 104 cm³/mol. The fraction of sp³-hybridized carbons (Fsp3) is 0.350. The molecule has 0 unspecified atom stereocenters. The van der Waals surface area contributed by atoms with Gasteiger partial charge < -0.3 is 14.8 Å². The predicted octanol–water partition coefficient (Wildman–Crippen LogP) is 2.31. The fourth-order valence-electron chi connectivity index (χ4n) is 2.83. The minimum atomic E-state index is -0.0434. The molecule has 1 N–H and O–H groups in total. The maximum atomic E-state index is 12.7. The number of carbonyl (C=O) groups is 2. The number of para-hydroxylation sites is 2. The number of amides is 2. The van der Waals surface area contributed by atoms with Crippen molar-refractivity contribution in [2.45, 2.75) is 26.3 Å². The molecule has 0 saturated heterocycles. The van der Waals surface area contributed by atoms with Crippen LogP contribution in [-0.4, -0.2) is 45.9 Å². The Morgan fingerprint density at radius 2 is 1.92 bits per heavy atom. The van der Waals surface area contributed by atoms with Crippen LogP contribution in [0.15, 0.2) is 49.6 Å². The van der Waals surface area contributed by atoms with Crippen molar-refractivity contribution in [3.8, 4) is 0 Å². The molecule has 2 rings (SSSR count). The monoisotopic (exact) mass is 354 g/mol. The SMILES string of the molecule is C=CCN(CC=C)C(=O)Cn1c(CCCNC(C)=O)nc2ccccc21. The second kappa shape index (κ2) is 9.56. The summed E-state index contributed by atoms with van der Waals surface area (Å²) in [6.45, 7) is 10.7. The number of hydrogen-bond acceptors (Lipinski definition) is 3. The molecule has 0 aliphatic heterocycles. The quantitative estimate of drug-likeness (QED) is 0.526. The largest absolute Gasteiger partial charge is 0.356 e. The molecule has 0 spiro atoms. The van der Waals surface area contributed by atoms with E-state index in [0.717, 1.165) is 23.3 Å². The van der Waals surface area contributed by atoms with Crippen molar-refractivity contribution in [2.75, 3.05) is 19.6 Å². The molecule has 1 heterocycles. The molecule has 0 bridgehead atoms. The number of aromatic nitrogens is 2.